The van der Waals surface area contributed by atoms with Gasteiger partial charge in [-0.1, -0.05) is 12.1 Å². The van der Waals surface area contributed by atoms with Crippen LogP contribution >= 0.6 is 0 Å². The molecule has 6 nitrogen and oxygen atoms in total. The maximum atomic E-state index is 13.3. The number of methoxy groups -OCH3 is 3. The number of carbonyl (C=O) groups is 1. The Kier molecular flexibility index (Phi) is 6.66. The highest BCUT2D eigenvalue weighted by Crippen LogP contribution is 2.39. The summed E-state index contributed by atoms with van der Waals surface area (Å²) in [5, 5.41) is 5.53. The molecule has 2 amide bonds. The third-order valence-corrected chi connectivity index (χ3v) is 3.92. The molecule has 0 aliphatic rings. The first-order valence-electron chi connectivity index (χ1n) is 8.07. The van der Waals surface area contributed by atoms with E-state index < -0.39 is 0 Å². The van der Waals surface area contributed by atoms with Crippen LogP contribution in [0.3, 0.4) is 0 Å². The first-order chi connectivity index (χ1) is 12.5. The summed E-state index contributed by atoms with van der Waals surface area (Å²) >= 11 is 0. The van der Waals surface area contributed by atoms with Crippen LogP contribution < -0.4 is 24.8 Å². The van der Waals surface area contributed by atoms with E-state index in [-0.39, 0.29) is 24.4 Å². The van der Waals surface area contributed by atoms with E-state index in [1.165, 1.54) is 33.5 Å². The quantitative estimate of drug-likeness (QED) is 0.792. The third kappa shape index (κ3) is 4.56. The zero-order chi connectivity index (χ0) is 19.1. The molecule has 0 saturated carbocycles. The molecule has 0 bridgehead atoms. The summed E-state index contributed by atoms with van der Waals surface area (Å²) in [5.41, 5.74) is 1.42. The first-order valence-corrected chi connectivity index (χ1v) is 8.07. The van der Waals surface area contributed by atoms with Gasteiger partial charge in [-0.3, -0.25) is 0 Å². The Morgan fingerprint density at radius 1 is 1.08 bits per heavy atom. The molecular weight excluding hydrogens is 339 g/mol. The molecule has 7 heteroatoms. The van der Waals surface area contributed by atoms with Crippen LogP contribution in [0.4, 0.5) is 9.18 Å². The highest BCUT2D eigenvalue weighted by Gasteiger charge is 2.17. The number of hydrogen-bond donors (Lipinski definition) is 2. The van der Waals surface area contributed by atoms with Gasteiger partial charge in [0.25, 0.3) is 0 Å². The average Bonchev–Trinajstić information content (AvgIpc) is 2.65. The summed E-state index contributed by atoms with van der Waals surface area (Å²) < 4.78 is 29.2. The topological polar surface area (TPSA) is 68.8 Å². The second-order valence-electron chi connectivity index (χ2n) is 5.60. The summed E-state index contributed by atoms with van der Waals surface area (Å²) in [6, 6.07) is 8.93. The molecule has 2 rings (SSSR count). The van der Waals surface area contributed by atoms with E-state index in [2.05, 4.69) is 10.6 Å². The molecule has 26 heavy (non-hydrogen) atoms. The van der Waals surface area contributed by atoms with Crippen molar-refractivity contribution in [1.29, 1.82) is 0 Å². The van der Waals surface area contributed by atoms with E-state index in [0.29, 0.717) is 22.8 Å². The molecule has 0 heterocycles. The molecule has 0 radical (unpaired) electrons. The van der Waals surface area contributed by atoms with Crippen LogP contribution in [0.25, 0.3) is 0 Å². The Morgan fingerprint density at radius 2 is 1.81 bits per heavy atom. The second-order valence-corrected chi connectivity index (χ2v) is 5.60. The van der Waals surface area contributed by atoms with E-state index in [4.69, 9.17) is 14.2 Å². The van der Waals surface area contributed by atoms with Gasteiger partial charge in [-0.2, -0.15) is 0 Å². The standard InChI is InChI=1S/C19H23FN2O4/c1-12(13-6-5-7-15(20)10-13)22-19(23)21-11-14-8-9-16(24-2)18(26-4)17(14)25-3/h5-10,12H,11H2,1-4H3,(H2,21,22,23)/t12-/m1/s1. The predicted octanol–water partition coefficient (Wildman–Crippen LogP) is 3.41. The highest BCUT2D eigenvalue weighted by molar-refractivity contribution is 5.74. The second kappa shape index (κ2) is 8.94. The predicted molar refractivity (Wildman–Crippen MR) is 96.3 cm³/mol. The lowest BCUT2D eigenvalue weighted by molar-refractivity contribution is 0.237. The monoisotopic (exact) mass is 362 g/mol. The Balaban J connectivity index is 2.03. The number of hydrogen-bond acceptors (Lipinski definition) is 4. The number of halogens is 1. The van der Waals surface area contributed by atoms with Gasteiger partial charge >= 0.3 is 6.03 Å². The van der Waals surface area contributed by atoms with Crippen molar-refractivity contribution in [2.75, 3.05) is 21.3 Å². The van der Waals surface area contributed by atoms with Gasteiger partial charge < -0.3 is 24.8 Å². The molecular formula is C19H23FN2O4. The van der Waals surface area contributed by atoms with Crippen molar-refractivity contribution in [3.8, 4) is 17.2 Å². The molecule has 2 N–H and O–H groups in total. The Labute approximate surface area is 152 Å². The number of nitrogens with one attached hydrogen (secondary N) is 2. The molecule has 0 spiro atoms. The Morgan fingerprint density at radius 3 is 2.42 bits per heavy atom. The number of rotatable bonds is 7. The molecule has 0 saturated heterocycles. The maximum absolute atomic E-state index is 13.3. The van der Waals surface area contributed by atoms with Gasteiger partial charge in [-0.05, 0) is 36.8 Å². The Bertz CT molecular complexity index is 767. The maximum Gasteiger partial charge on any atom is 0.315 e. The van der Waals surface area contributed by atoms with Gasteiger partial charge in [0, 0.05) is 12.1 Å². The molecule has 140 valence electrons. The van der Waals surface area contributed by atoms with E-state index in [0.717, 1.165) is 5.56 Å². The van der Waals surface area contributed by atoms with Crippen molar-refractivity contribution >= 4 is 6.03 Å². The molecule has 0 fully saturated rings. The summed E-state index contributed by atoms with van der Waals surface area (Å²) in [5.74, 6) is 1.15. The lowest BCUT2D eigenvalue weighted by Crippen LogP contribution is -2.36. The van der Waals surface area contributed by atoms with Crippen LogP contribution in [0.5, 0.6) is 17.2 Å². The SMILES string of the molecule is COc1ccc(CNC(=O)N[C@H](C)c2cccc(F)c2)c(OC)c1OC. The van der Waals surface area contributed by atoms with Crippen LogP contribution in [0.15, 0.2) is 36.4 Å². The van der Waals surface area contributed by atoms with Crippen LogP contribution in [0.2, 0.25) is 0 Å². The van der Waals surface area contributed by atoms with Crippen LogP contribution in [-0.4, -0.2) is 27.4 Å². The number of benzene rings is 2. The molecule has 2 aromatic rings. The molecule has 0 unspecified atom stereocenters. The van der Waals surface area contributed by atoms with Gasteiger partial charge in [-0.25, -0.2) is 9.18 Å². The van der Waals surface area contributed by atoms with Gasteiger partial charge in [-0.15, -0.1) is 0 Å². The van der Waals surface area contributed by atoms with E-state index >= 15 is 0 Å². The van der Waals surface area contributed by atoms with Gasteiger partial charge in [0.1, 0.15) is 5.82 Å². The number of carbonyl (C=O) groups excluding carboxylic acids is 1. The fourth-order valence-corrected chi connectivity index (χ4v) is 2.58. The lowest BCUT2D eigenvalue weighted by atomic mass is 10.1. The number of amides is 2. The third-order valence-electron chi connectivity index (χ3n) is 3.92. The lowest BCUT2D eigenvalue weighted by Gasteiger charge is -2.18. The zero-order valence-electron chi connectivity index (χ0n) is 15.3. The summed E-state index contributed by atoms with van der Waals surface area (Å²) in [6.07, 6.45) is 0. The normalized spacial score (nSPS) is 11.4. The number of urea groups is 1. The minimum atomic E-state index is -0.376. The summed E-state index contributed by atoms with van der Waals surface area (Å²) in [6.45, 7) is 2.01. The van der Waals surface area contributed by atoms with Crippen LogP contribution in [-0.2, 0) is 6.54 Å². The van der Waals surface area contributed by atoms with Gasteiger partial charge in [0.15, 0.2) is 11.5 Å². The van der Waals surface area contributed by atoms with Gasteiger partial charge in [0.05, 0.1) is 27.4 Å². The van der Waals surface area contributed by atoms with Gasteiger partial charge in [0.2, 0.25) is 5.75 Å². The fourth-order valence-electron chi connectivity index (χ4n) is 2.58. The minimum Gasteiger partial charge on any atom is -0.493 e. The van der Waals surface area contributed by atoms with Crippen molar-refractivity contribution < 1.29 is 23.4 Å². The molecule has 0 aliphatic carbocycles. The van der Waals surface area contributed by atoms with Crippen molar-refractivity contribution in [3.05, 3.63) is 53.3 Å². The van der Waals surface area contributed by atoms with Crippen molar-refractivity contribution in [2.24, 2.45) is 0 Å². The van der Waals surface area contributed by atoms with Crippen molar-refractivity contribution in [1.82, 2.24) is 10.6 Å². The zero-order valence-corrected chi connectivity index (χ0v) is 15.3. The van der Waals surface area contributed by atoms with Crippen LogP contribution in [0, 0.1) is 5.82 Å². The van der Waals surface area contributed by atoms with E-state index in [9.17, 15) is 9.18 Å². The smallest absolute Gasteiger partial charge is 0.315 e. The summed E-state index contributed by atoms with van der Waals surface area (Å²) in [4.78, 5) is 12.1. The molecule has 2 aromatic carbocycles. The molecule has 0 aromatic heterocycles. The fraction of sp³-hybridized carbons (Fsp3) is 0.316. The first kappa shape index (κ1) is 19.4. The number of ether oxygens (including phenoxy) is 3. The largest absolute Gasteiger partial charge is 0.493 e. The van der Waals surface area contributed by atoms with E-state index in [1.807, 2.05) is 0 Å². The molecule has 0 aliphatic heterocycles. The summed E-state index contributed by atoms with van der Waals surface area (Å²) in [7, 11) is 4.58. The average molecular weight is 362 g/mol. The molecule has 1 atom stereocenters. The van der Waals surface area contributed by atoms with E-state index in [1.54, 1.807) is 31.2 Å². The highest BCUT2D eigenvalue weighted by atomic mass is 19.1. The Hall–Kier alpha value is -2.96. The van der Waals surface area contributed by atoms with Crippen molar-refractivity contribution in [2.45, 2.75) is 19.5 Å². The minimum absolute atomic E-state index is 0.227. The van der Waals surface area contributed by atoms with Crippen molar-refractivity contribution in [3.63, 3.8) is 0 Å². The van der Waals surface area contributed by atoms with Crippen LogP contribution in [0.1, 0.15) is 24.1 Å².